The molecule has 0 spiro atoms. The van der Waals surface area contributed by atoms with Crippen LogP contribution in [0.3, 0.4) is 0 Å². The number of rotatable bonds is 2. The number of hydrogen-bond donors (Lipinski definition) is 0. The van der Waals surface area contributed by atoms with Crippen LogP contribution < -0.4 is 0 Å². The van der Waals surface area contributed by atoms with Gasteiger partial charge in [-0.2, -0.15) is 0 Å². The summed E-state index contributed by atoms with van der Waals surface area (Å²) in [4.78, 5) is 0. The van der Waals surface area contributed by atoms with Gasteiger partial charge in [-0.15, -0.1) is 24.8 Å². The van der Waals surface area contributed by atoms with Gasteiger partial charge in [0.05, 0.1) is 0 Å². The van der Waals surface area contributed by atoms with E-state index in [0.29, 0.717) is 0 Å². The molecule has 0 saturated carbocycles. The summed E-state index contributed by atoms with van der Waals surface area (Å²) in [6.45, 7) is 13.4. The van der Waals surface area contributed by atoms with Gasteiger partial charge in [-0.25, -0.2) is 0 Å². The summed E-state index contributed by atoms with van der Waals surface area (Å²) in [5, 5.41) is 0. The van der Waals surface area contributed by atoms with Crippen molar-refractivity contribution >= 4 is 40.3 Å². The van der Waals surface area contributed by atoms with Crippen LogP contribution in [0.25, 0.3) is 6.08 Å². The van der Waals surface area contributed by atoms with Gasteiger partial charge in [0.2, 0.25) is 0 Å². The van der Waals surface area contributed by atoms with Crippen molar-refractivity contribution in [1.82, 2.24) is 0 Å². The summed E-state index contributed by atoms with van der Waals surface area (Å²) < 4.78 is 0.824. The molecule has 0 nitrogen and oxygen atoms in total. The standard InChI is InChI=1S/C9H7.C6H7.C4H12Si2.2ClH.Zr/c1-2-5-9-7-3-6-8(9)4-1;1-6-4-2-3-5-6;1-5(2)6(3)4;;;/h1-7H;4-5H,2H2,1H3;1-4H3;2*1H;. The van der Waals surface area contributed by atoms with Crippen LogP contribution in [-0.4, -0.2) is 9.44 Å². The normalized spacial score (nSPS) is 26.6. The largest absolute Gasteiger partial charge is 0.147 e. The van der Waals surface area contributed by atoms with E-state index in [-0.39, 0.29) is 24.8 Å². The van der Waals surface area contributed by atoms with Gasteiger partial charge in [-0.3, -0.25) is 0 Å². The zero-order valence-corrected chi connectivity index (χ0v) is 21.3. The third kappa shape index (κ3) is 2.31. The fourth-order valence-corrected chi connectivity index (χ4v) is 169. The molecule has 0 bridgehead atoms. The number of allylic oxidation sites excluding steroid dienone is 5. The van der Waals surface area contributed by atoms with Crippen LogP contribution in [-0.2, 0) is 18.6 Å². The van der Waals surface area contributed by atoms with Crippen LogP contribution >= 0.6 is 24.8 Å². The average molecular weight is 475 g/mol. The Morgan fingerprint density at radius 3 is 2.17 bits per heavy atom. The van der Waals surface area contributed by atoms with Crippen molar-refractivity contribution in [3.8, 4) is 0 Å². The van der Waals surface area contributed by atoms with Crippen molar-refractivity contribution < 1.29 is 18.6 Å². The van der Waals surface area contributed by atoms with E-state index in [9.17, 15) is 0 Å². The van der Waals surface area contributed by atoms with E-state index in [4.69, 9.17) is 0 Å². The first-order valence-corrected chi connectivity index (χ1v) is 25.5. The molecule has 0 amide bonds. The summed E-state index contributed by atoms with van der Waals surface area (Å²) in [6, 6.07) is 9.22. The first-order chi connectivity index (χ1) is 10.3. The number of halogens is 2. The van der Waals surface area contributed by atoms with Gasteiger partial charge in [0.25, 0.3) is 0 Å². The van der Waals surface area contributed by atoms with Gasteiger partial charge >= 0.3 is 140 Å². The molecular formula is C19H28Cl2Si2Zr. The van der Waals surface area contributed by atoms with Crippen molar-refractivity contribution in [3.05, 3.63) is 62.5 Å². The van der Waals surface area contributed by atoms with Crippen LogP contribution in [0, 0.1) is 0 Å². The summed E-state index contributed by atoms with van der Waals surface area (Å²) in [7, 11) is 0. The minimum absolute atomic E-state index is 0. The van der Waals surface area contributed by atoms with Crippen molar-refractivity contribution in [2.45, 2.75) is 43.2 Å². The van der Waals surface area contributed by atoms with Crippen molar-refractivity contribution in [2.75, 3.05) is 0 Å². The molecule has 0 N–H and O–H groups in total. The van der Waals surface area contributed by atoms with Crippen molar-refractivity contribution in [3.63, 3.8) is 0 Å². The predicted octanol–water partition coefficient (Wildman–Crippen LogP) is 6.49. The molecule has 4 rings (SSSR count). The SMILES string of the molecule is CC1=CC[C]([Zr]2([CH]3C=Cc4ccccc43)[Si](C)(C)[Si]2(C)C)=C1.Cl.Cl. The molecular weight excluding hydrogens is 447 g/mol. The molecule has 1 fully saturated rings. The summed E-state index contributed by atoms with van der Waals surface area (Å²) in [5.41, 5.74) is 4.72. The Bertz CT molecular complexity index is 748. The minimum Gasteiger partial charge on any atom is -0.147 e. The fraction of sp³-hybridized carbons (Fsp3) is 0.368. The Labute approximate surface area is 163 Å². The van der Waals surface area contributed by atoms with Gasteiger partial charge < -0.3 is 0 Å². The predicted molar refractivity (Wildman–Crippen MR) is 114 cm³/mol. The molecule has 1 saturated heterocycles. The second-order valence-corrected chi connectivity index (χ2v) is 67.5. The van der Waals surface area contributed by atoms with E-state index in [1.807, 2.05) is 3.28 Å². The molecule has 1 unspecified atom stereocenters. The van der Waals surface area contributed by atoms with E-state index in [1.165, 1.54) is 17.6 Å². The fourth-order valence-electron chi connectivity index (χ4n) is 5.70. The number of hydrogen-bond acceptors (Lipinski definition) is 0. The van der Waals surface area contributed by atoms with Crippen LogP contribution in [0.15, 0.2) is 51.3 Å². The topological polar surface area (TPSA) is 0 Å². The van der Waals surface area contributed by atoms with Crippen LogP contribution in [0.1, 0.15) is 28.1 Å². The molecule has 0 radical (unpaired) electrons. The van der Waals surface area contributed by atoms with E-state index in [2.05, 4.69) is 81.7 Å². The Balaban J connectivity index is 0.00000104. The first kappa shape index (κ1) is 20.6. The van der Waals surface area contributed by atoms with Gasteiger partial charge in [0.1, 0.15) is 0 Å². The van der Waals surface area contributed by atoms with Crippen molar-refractivity contribution in [2.24, 2.45) is 0 Å². The molecule has 2 aliphatic carbocycles. The number of fused-ring (bicyclic) bond motifs is 1. The van der Waals surface area contributed by atoms with Crippen LogP contribution in [0.2, 0.25) is 26.2 Å². The van der Waals surface area contributed by atoms with E-state index in [1.54, 1.807) is 5.56 Å². The molecule has 1 atom stereocenters. The third-order valence-corrected chi connectivity index (χ3v) is 121. The monoisotopic (exact) mass is 472 g/mol. The van der Waals surface area contributed by atoms with Crippen molar-refractivity contribution in [1.29, 1.82) is 0 Å². The zero-order chi connectivity index (χ0) is 15.8. The summed E-state index contributed by atoms with van der Waals surface area (Å²) >= 11 is -2.29. The number of benzene rings is 1. The zero-order valence-electron chi connectivity index (χ0n) is 15.2. The van der Waals surface area contributed by atoms with Gasteiger partial charge in [-0.05, 0) is 0 Å². The Morgan fingerprint density at radius 2 is 1.62 bits per heavy atom. The summed E-state index contributed by atoms with van der Waals surface area (Å²) in [6.07, 6.45) is 11.5. The molecule has 1 aromatic carbocycles. The van der Waals surface area contributed by atoms with Crippen LogP contribution in [0.4, 0.5) is 0 Å². The van der Waals surface area contributed by atoms with Crippen LogP contribution in [0.5, 0.6) is 0 Å². The smallest absolute Gasteiger partial charge is 0.147 e. The molecule has 3 aliphatic rings. The Kier molecular flexibility index (Phi) is 5.59. The van der Waals surface area contributed by atoms with Gasteiger partial charge in [0.15, 0.2) is 0 Å². The van der Waals surface area contributed by atoms with E-state index in [0.717, 1.165) is 3.63 Å². The Morgan fingerprint density at radius 1 is 1.00 bits per heavy atom. The average Bonchev–Trinajstić information content (AvgIpc) is 2.94. The third-order valence-electron chi connectivity index (χ3n) is 7.29. The molecule has 1 aliphatic heterocycles. The molecule has 1 aromatic rings. The maximum atomic E-state index is 2.76. The van der Waals surface area contributed by atoms with E-state index >= 15 is 0 Å². The first-order valence-electron chi connectivity index (χ1n) is 8.49. The summed E-state index contributed by atoms with van der Waals surface area (Å²) in [5.74, 6) is 0. The molecule has 5 heteroatoms. The Hall–Kier alpha value is 0.337. The maximum absolute atomic E-state index is 2.76. The molecule has 24 heavy (non-hydrogen) atoms. The minimum atomic E-state index is -2.29. The molecule has 0 aromatic heterocycles. The maximum Gasteiger partial charge on any atom is -0.147 e. The second-order valence-electron chi connectivity index (χ2n) is 8.35. The van der Waals surface area contributed by atoms with Gasteiger partial charge in [0, 0.05) is 0 Å². The van der Waals surface area contributed by atoms with Gasteiger partial charge in [-0.1, -0.05) is 0 Å². The molecule has 1 heterocycles. The molecule has 130 valence electrons. The quantitative estimate of drug-likeness (QED) is 0.430. The second kappa shape index (κ2) is 6.50. The van der Waals surface area contributed by atoms with E-state index < -0.39 is 28.0 Å².